The Morgan fingerprint density at radius 2 is 1.73 bits per heavy atom. The zero-order valence-corrected chi connectivity index (χ0v) is 14.7. The first-order valence-corrected chi connectivity index (χ1v) is 8.37. The van der Waals surface area contributed by atoms with Crippen molar-refractivity contribution in [3.05, 3.63) is 65.8 Å². The SMILES string of the molecule is CCOC(C)c1noc(COc2ccc(-c3ccc(C#N)cc3)cc2)n1. The van der Waals surface area contributed by atoms with Crippen molar-refractivity contribution in [2.45, 2.75) is 26.6 Å². The van der Waals surface area contributed by atoms with Crippen LogP contribution in [0.25, 0.3) is 11.1 Å². The van der Waals surface area contributed by atoms with Gasteiger partial charge in [0.05, 0.1) is 11.6 Å². The third-order valence-electron chi connectivity index (χ3n) is 3.83. The molecule has 6 heteroatoms. The van der Waals surface area contributed by atoms with Crippen molar-refractivity contribution in [3.63, 3.8) is 0 Å². The molecule has 0 amide bonds. The van der Waals surface area contributed by atoms with Crippen molar-refractivity contribution in [2.75, 3.05) is 6.61 Å². The largest absolute Gasteiger partial charge is 0.484 e. The van der Waals surface area contributed by atoms with Crippen molar-refractivity contribution in [3.8, 4) is 22.9 Å². The summed E-state index contributed by atoms with van der Waals surface area (Å²) in [6.45, 7) is 4.58. The average Bonchev–Trinajstić information content (AvgIpc) is 3.16. The van der Waals surface area contributed by atoms with Crippen LogP contribution in [0.1, 0.15) is 37.2 Å². The Hall–Kier alpha value is -3.17. The zero-order valence-electron chi connectivity index (χ0n) is 14.7. The second-order valence-corrected chi connectivity index (χ2v) is 5.65. The number of hydrogen-bond donors (Lipinski definition) is 0. The van der Waals surface area contributed by atoms with Gasteiger partial charge in [-0.15, -0.1) is 0 Å². The van der Waals surface area contributed by atoms with Crippen molar-refractivity contribution >= 4 is 0 Å². The molecule has 1 atom stereocenters. The van der Waals surface area contributed by atoms with E-state index in [1.54, 1.807) is 12.1 Å². The second-order valence-electron chi connectivity index (χ2n) is 5.65. The van der Waals surface area contributed by atoms with Crippen LogP contribution >= 0.6 is 0 Å². The number of ether oxygens (including phenoxy) is 2. The summed E-state index contributed by atoms with van der Waals surface area (Å²) in [7, 11) is 0. The van der Waals surface area contributed by atoms with Gasteiger partial charge in [0.2, 0.25) is 0 Å². The molecule has 1 aromatic heterocycles. The first-order valence-electron chi connectivity index (χ1n) is 8.37. The summed E-state index contributed by atoms with van der Waals surface area (Å²) < 4.78 is 16.3. The molecule has 6 nitrogen and oxygen atoms in total. The first-order chi connectivity index (χ1) is 12.7. The Morgan fingerprint density at radius 1 is 1.08 bits per heavy atom. The molecular formula is C20H19N3O3. The second kappa shape index (κ2) is 8.28. The van der Waals surface area contributed by atoms with Gasteiger partial charge in [-0.3, -0.25) is 0 Å². The summed E-state index contributed by atoms with van der Waals surface area (Å²) in [6.07, 6.45) is -0.204. The minimum atomic E-state index is -0.204. The van der Waals surface area contributed by atoms with E-state index in [4.69, 9.17) is 19.3 Å². The van der Waals surface area contributed by atoms with Crippen LogP contribution in [0.4, 0.5) is 0 Å². The predicted octanol–water partition coefficient (Wildman–Crippen LogP) is 4.28. The fourth-order valence-electron chi connectivity index (χ4n) is 2.44. The summed E-state index contributed by atoms with van der Waals surface area (Å²) >= 11 is 0. The third-order valence-corrected chi connectivity index (χ3v) is 3.83. The monoisotopic (exact) mass is 349 g/mol. The maximum absolute atomic E-state index is 8.86. The van der Waals surface area contributed by atoms with Crippen LogP contribution < -0.4 is 4.74 Å². The highest BCUT2D eigenvalue weighted by molar-refractivity contribution is 5.64. The number of rotatable bonds is 7. The lowest BCUT2D eigenvalue weighted by Gasteiger charge is -2.06. The quantitative estimate of drug-likeness (QED) is 0.633. The highest BCUT2D eigenvalue weighted by atomic mass is 16.5. The minimum Gasteiger partial charge on any atom is -0.484 e. The van der Waals surface area contributed by atoms with Crippen LogP contribution in [-0.2, 0) is 11.3 Å². The lowest BCUT2D eigenvalue weighted by atomic mass is 10.0. The maximum atomic E-state index is 8.86. The van der Waals surface area contributed by atoms with Gasteiger partial charge in [-0.25, -0.2) is 0 Å². The van der Waals surface area contributed by atoms with E-state index in [1.807, 2.05) is 50.2 Å². The number of hydrogen-bond acceptors (Lipinski definition) is 6. The van der Waals surface area contributed by atoms with E-state index in [0.717, 1.165) is 11.1 Å². The molecule has 2 aromatic carbocycles. The molecule has 0 aliphatic heterocycles. The maximum Gasteiger partial charge on any atom is 0.264 e. The van der Waals surface area contributed by atoms with E-state index in [-0.39, 0.29) is 12.7 Å². The summed E-state index contributed by atoms with van der Waals surface area (Å²) in [5.74, 6) is 1.63. The number of nitriles is 1. The lowest BCUT2D eigenvalue weighted by Crippen LogP contribution is -2.02. The molecule has 0 N–H and O–H groups in total. The number of nitrogens with zero attached hydrogens (tertiary/aromatic N) is 3. The van der Waals surface area contributed by atoms with Gasteiger partial charge in [0.1, 0.15) is 11.9 Å². The Balaban J connectivity index is 1.60. The molecule has 26 heavy (non-hydrogen) atoms. The summed E-state index contributed by atoms with van der Waals surface area (Å²) in [5, 5.41) is 12.8. The van der Waals surface area contributed by atoms with Crippen LogP contribution in [-0.4, -0.2) is 16.7 Å². The van der Waals surface area contributed by atoms with E-state index in [9.17, 15) is 0 Å². The van der Waals surface area contributed by atoms with Crippen molar-refractivity contribution in [1.29, 1.82) is 5.26 Å². The van der Waals surface area contributed by atoms with Crippen LogP contribution in [0.3, 0.4) is 0 Å². The zero-order chi connectivity index (χ0) is 18.4. The number of benzene rings is 2. The normalized spacial score (nSPS) is 11.7. The van der Waals surface area contributed by atoms with Gasteiger partial charge >= 0.3 is 0 Å². The van der Waals surface area contributed by atoms with Crippen LogP contribution in [0, 0.1) is 11.3 Å². The lowest BCUT2D eigenvalue weighted by molar-refractivity contribution is 0.0683. The highest BCUT2D eigenvalue weighted by Crippen LogP contribution is 2.23. The van der Waals surface area contributed by atoms with Gasteiger partial charge in [0, 0.05) is 6.61 Å². The summed E-state index contributed by atoms with van der Waals surface area (Å²) in [6, 6.07) is 17.3. The predicted molar refractivity (Wildman–Crippen MR) is 95.3 cm³/mol. The van der Waals surface area contributed by atoms with Gasteiger partial charge in [-0.1, -0.05) is 29.4 Å². The van der Waals surface area contributed by atoms with Crippen LogP contribution in [0.15, 0.2) is 53.1 Å². The smallest absolute Gasteiger partial charge is 0.264 e. The molecule has 0 aliphatic rings. The highest BCUT2D eigenvalue weighted by Gasteiger charge is 2.14. The molecule has 3 rings (SSSR count). The molecule has 132 valence electrons. The average molecular weight is 349 g/mol. The van der Waals surface area contributed by atoms with E-state index in [1.165, 1.54) is 0 Å². The Kier molecular flexibility index (Phi) is 5.62. The standard InChI is InChI=1S/C20H19N3O3/c1-3-24-14(2)20-22-19(26-23-20)13-25-18-10-8-17(9-11-18)16-6-4-15(12-21)5-7-16/h4-11,14H,3,13H2,1-2H3. The van der Waals surface area contributed by atoms with Gasteiger partial charge in [0.25, 0.3) is 5.89 Å². The Morgan fingerprint density at radius 3 is 2.35 bits per heavy atom. The molecule has 0 saturated carbocycles. The van der Waals surface area contributed by atoms with Crippen molar-refractivity contribution in [1.82, 2.24) is 10.1 Å². The molecule has 0 radical (unpaired) electrons. The molecule has 0 saturated heterocycles. The van der Waals surface area contributed by atoms with E-state index >= 15 is 0 Å². The third kappa shape index (κ3) is 4.26. The molecule has 0 bridgehead atoms. The summed E-state index contributed by atoms with van der Waals surface area (Å²) in [4.78, 5) is 4.27. The van der Waals surface area contributed by atoms with Crippen molar-refractivity contribution < 1.29 is 14.0 Å². The Labute approximate surface area is 152 Å². The molecule has 1 heterocycles. The fourth-order valence-corrected chi connectivity index (χ4v) is 2.44. The van der Waals surface area contributed by atoms with E-state index in [2.05, 4.69) is 16.2 Å². The van der Waals surface area contributed by atoms with Gasteiger partial charge in [-0.05, 0) is 49.2 Å². The fraction of sp³-hybridized carbons (Fsp3) is 0.250. The molecule has 0 aliphatic carbocycles. The van der Waals surface area contributed by atoms with Gasteiger partial charge < -0.3 is 14.0 Å². The van der Waals surface area contributed by atoms with Crippen molar-refractivity contribution in [2.24, 2.45) is 0 Å². The van der Waals surface area contributed by atoms with Gasteiger partial charge in [0.15, 0.2) is 12.4 Å². The topological polar surface area (TPSA) is 81.2 Å². The molecule has 3 aromatic rings. The van der Waals surface area contributed by atoms with E-state index in [0.29, 0.717) is 29.6 Å². The number of aromatic nitrogens is 2. The summed E-state index contributed by atoms with van der Waals surface area (Å²) in [5.41, 5.74) is 2.74. The molecule has 0 fully saturated rings. The Bertz CT molecular complexity index is 880. The van der Waals surface area contributed by atoms with Crippen LogP contribution in [0.2, 0.25) is 0 Å². The van der Waals surface area contributed by atoms with Gasteiger partial charge in [-0.2, -0.15) is 10.2 Å². The molecule has 0 spiro atoms. The van der Waals surface area contributed by atoms with E-state index < -0.39 is 0 Å². The first kappa shape index (κ1) is 17.6. The minimum absolute atomic E-state index is 0.196. The molecular weight excluding hydrogens is 330 g/mol. The van der Waals surface area contributed by atoms with Crippen LogP contribution in [0.5, 0.6) is 5.75 Å². The molecule has 1 unspecified atom stereocenters.